The molecule has 0 saturated carbocycles. The minimum absolute atomic E-state index is 0.00673. The van der Waals surface area contributed by atoms with Crippen molar-refractivity contribution in [3.05, 3.63) is 71.9 Å². The first-order valence-corrected chi connectivity index (χ1v) is 7.97. The Balaban J connectivity index is 1.81. The van der Waals surface area contributed by atoms with E-state index in [1.807, 2.05) is 49.5 Å². The van der Waals surface area contributed by atoms with Gasteiger partial charge >= 0.3 is 0 Å². The van der Waals surface area contributed by atoms with Crippen molar-refractivity contribution in [2.45, 2.75) is 11.3 Å². The van der Waals surface area contributed by atoms with Gasteiger partial charge < -0.3 is 4.90 Å². The molecular weight excluding hydrogens is 304 g/mol. The number of benzene rings is 2. The molecule has 0 unspecified atom stereocenters. The Morgan fingerprint density at radius 3 is 2.65 bits per heavy atom. The molecule has 0 aliphatic rings. The highest BCUT2D eigenvalue weighted by Crippen LogP contribution is 2.24. The average Bonchev–Trinajstić information content (AvgIpc) is 2.60. The average molecular weight is 322 g/mol. The molecular formula is C19H18N2OS. The molecule has 1 amide bonds. The molecule has 0 aliphatic carbocycles. The van der Waals surface area contributed by atoms with E-state index in [9.17, 15) is 4.79 Å². The van der Waals surface area contributed by atoms with Gasteiger partial charge in [-0.3, -0.25) is 9.78 Å². The number of rotatable bonds is 4. The highest BCUT2D eigenvalue weighted by atomic mass is 32.1. The number of carbonyl (C=O) groups excluding carboxylic acids is 1. The maximum Gasteiger partial charge on any atom is 0.254 e. The van der Waals surface area contributed by atoms with E-state index in [1.54, 1.807) is 11.1 Å². The van der Waals surface area contributed by atoms with Crippen LogP contribution in [0.3, 0.4) is 0 Å². The highest BCUT2D eigenvalue weighted by Gasteiger charge is 2.16. The van der Waals surface area contributed by atoms with Crippen molar-refractivity contribution in [3.63, 3.8) is 0 Å². The minimum Gasteiger partial charge on any atom is -0.341 e. The van der Waals surface area contributed by atoms with Gasteiger partial charge in [0.15, 0.2) is 0 Å². The number of nitrogens with zero attached hydrogens (tertiary/aromatic N) is 2. The van der Waals surface area contributed by atoms with E-state index in [-0.39, 0.29) is 5.91 Å². The van der Waals surface area contributed by atoms with E-state index in [0.717, 1.165) is 22.2 Å². The number of aromatic nitrogens is 1. The van der Waals surface area contributed by atoms with Crippen LogP contribution >= 0.6 is 12.6 Å². The summed E-state index contributed by atoms with van der Waals surface area (Å²) >= 11 is 4.42. The van der Waals surface area contributed by atoms with Crippen molar-refractivity contribution in [1.82, 2.24) is 9.88 Å². The molecule has 23 heavy (non-hydrogen) atoms. The van der Waals surface area contributed by atoms with Crippen LogP contribution in [0.5, 0.6) is 0 Å². The molecule has 1 heterocycles. The molecule has 0 aliphatic heterocycles. The van der Waals surface area contributed by atoms with Crippen molar-refractivity contribution in [1.29, 1.82) is 0 Å². The van der Waals surface area contributed by atoms with Crippen LogP contribution in [0.2, 0.25) is 0 Å². The van der Waals surface area contributed by atoms with Gasteiger partial charge in [0.05, 0.1) is 5.52 Å². The Hall–Kier alpha value is -2.33. The van der Waals surface area contributed by atoms with Crippen LogP contribution in [0, 0.1) is 0 Å². The molecule has 0 atom stereocenters. The lowest BCUT2D eigenvalue weighted by molar-refractivity contribution is 0.0798. The Morgan fingerprint density at radius 1 is 1.09 bits per heavy atom. The van der Waals surface area contributed by atoms with Crippen molar-refractivity contribution in [3.8, 4) is 0 Å². The molecule has 116 valence electrons. The maximum atomic E-state index is 12.8. The highest BCUT2D eigenvalue weighted by molar-refractivity contribution is 7.80. The van der Waals surface area contributed by atoms with Gasteiger partial charge in [-0.2, -0.15) is 0 Å². The Morgan fingerprint density at radius 2 is 1.87 bits per heavy atom. The number of fused-ring (bicyclic) bond motifs is 1. The number of likely N-dealkylation sites (N-methyl/N-ethyl adjacent to an activating group) is 1. The molecule has 3 aromatic rings. The molecule has 0 radical (unpaired) electrons. The monoisotopic (exact) mass is 322 g/mol. The molecule has 0 saturated heterocycles. The Kier molecular flexibility index (Phi) is 4.63. The first-order valence-electron chi connectivity index (χ1n) is 7.53. The number of pyridine rings is 1. The van der Waals surface area contributed by atoms with Crippen LogP contribution in [0.25, 0.3) is 10.9 Å². The Labute approximate surface area is 141 Å². The van der Waals surface area contributed by atoms with Crippen LogP contribution in [0.15, 0.2) is 65.7 Å². The standard InChI is InChI=1S/C19H18N2OS/c1-21(13-11-14-6-3-2-4-7-14)19(22)16-9-10-17(23)18-15(16)8-5-12-20-18/h2-10,12,23H,11,13H2,1H3. The maximum absolute atomic E-state index is 12.8. The quantitative estimate of drug-likeness (QED) is 0.740. The second kappa shape index (κ2) is 6.84. The van der Waals surface area contributed by atoms with Crippen LogP contribution in [0.1, 0.15) is 15.9 Å². The van der Waals surface area contributed by atoms with Crippen molar-refractivity contribution in [2.75, 3.05) is 13.6 Å². The fourth-order valence-corrected chi connectivity index (χ4v) is 2.85. The molecule has 3 nitrogen and oxygen atoms in total. The molecule has 4 heteroatoms. The van der Waals surface area contributed by atoms with Crippen LogP contribution in [-0.2, 0) is 6.42 Å². The fourth-order valence-electron chi connectivity index (χ4n) is 2.59. The molecule has 0 N–H and O–H groups in total. The van der Waals surface area contributed by atoms with Gasteiger partial charge in [-0.1, -0.05) is 36.4 Å². The number of hydrogen-bond donors (Lipinski definition) is 1. The summed E-state index contributed by atoms with van der Waals surface area (Å²) in [5, 5.41) is 0.844. The lowest BCUT2D eigenvalue weighted by atomic mass is 10.1. The number of carbonyl (C=O) groups is 1. The summed E-state index contributed by atoms with van der Waals surface area (Å²) in [6.45, 7) is 0.674. The van der Waals surface area contributed by atoms with E-state index in [2.05, 4.69) is 29.7 Å². The second-order valence-electron chi connectivity index (χ2n) is 5.49. The molecule has 0 spiro atoms. The molecule has 3 rings (SSSR count). The summed E-state index contributed by atoms with van der Waals surface area (Å²) in [6, 6.07) is 17.6. The van der Waals surface area contributed by atoms with Crippen molar-refractivity contribution in [2.24, 2.45) is 0 Å². The summed E-state index contributed by atoms with van der Waals surface area (Å²) in [5.41, 5.74) is 2.66. The zero-order valence-electron chi connectivity index (χ0n) is 12.9. The second-order valence-corrected chi connectivity index (χ2v) is 5.98. The Bertz CT molecular complexity index is 833. The van der Waals surface area contributed by atoms with E-state index < -0.39 is 0 Å². The third-order valence-electron chi connectivity index (χ3n) is 3.90. The molecule has 0 bridgehead atoms. The lowest BCUT2D eigenvalue weighted by Crippen LogP contribution is -2.29. The molecule has 2 aromatic carbocycles. The van der Waals surface area contributed by atoms with Gasteiger partial charge in [-0.25, -0.2) is 0 Å². The van der Waals surface area contributed by atoms with Crippen LogP contribution in [0.4, 0.5) is 0 Å². The van der Waals surface area contributed by atoms with Crippen LogP contribution in [-0.4, -0.2) is 29.4 Å². The zero-order chi connectivity index (χ0) is 16.2. The largest absolute Gasteiger partial charge is 0.341 e. The summed E-state index contributed by atoms with van der Waals surface area (Å²) in [4.78, 5) is 19.6. The van der Waals surface area contributed by atoms with Gasteiger partial charge in [0, 0.05) is 35.6 Å². The summed E-state index contributed by atoms with van der Waals surface area (Å²) < 4.78 is 0. The minimum atomic E-state index is 0.00673. The van der Waals surface area contributed by atoms with E-state index in [0.29, 0.717) is 12.1 Å². The van der Waals surface area contributed by atoms with E-state index >= 15 is 0 Å². The topological polar surface area (TPSA) is 33.2 Å². The summed E-state index contributed by atoms with van der Waals surface area (Å²) in [5.74, 6) is 0.00673. The smallest absolute Gasteiger partial charge is 0.254 e. The number of thiol groups is 1. The lowest BCUT2D eigenvalue weighted by Gasteiger charge is -2.18. The van der Waals surface area contributed by atoms with Gasteiger partial charge in [0.25, 0.3) is 5.91 Å². The van der Waals surface area contributed by atoms with Crippen molar-refractivity contribution < 1.29 is 4.79 Å². The third-order valence-corrected chi connectivity index (χ3v) is 4.27. The van der Waals surface area contributed by atoms with Crippen molar-refractivity contribution >= 4 is 29.4 Å². The van der Waals surface area contributed by atoms with Gasteiger partial charge in [-0.15, -0.1) is 12.6 Å². The normalized spacial score (nSPS) is 10.7. The van der Waals surface area contributed by atoms with E-state index in [4.69, 9.17) is 0 Å². The van der Waals surface area contributed by atoms with Gasteiger partial charge in [0.2, 0.25) is 0 Å². The predicted molar refractivity (Wildman–Crippen MR) is 96.1 cm³/mol. The predicted octanol–water partition coefficient (Wildman–Crippen LogP) is 3.84. The summed E-state index contributed by atoms with van der Waals surface area (Å²) in [6.07, 6.45) is 2.55. The van der Waals surface area contributed by atoms with Crippen LogP contribution < -0.4 is 0 Å². The van der Waals surface area contributed by atoms with Gasteiger partial charge in [-0.05, 0) is 30.2 Å². The number of hydrogen-bond acceptors (Lipinski definition) is 3. The van der Waals surface area contributed by atoms with E-state index in [1.165, 1.54) is 5.56 Å². The zero-order valence-corrected chi connectivity index (χ0v) is 13.8. The first-order chi connectivity index (χ1) is 11.2. The number of amides is 1. The third kappa shape index (κ3) is 3.37. The fraction of sp³-hybridized carbons (Fsp3) is 0.158. The summed E-state index contributed by atoms with van der Waals surface area (Å²) in [7, 11) is 1.84. The molecule has 1 aromatic heterocycles. The SMILES string of the molecule is CN(CCc1ccccc1)C(=O)c1ccc(S)c2ncccc12. The molecule has 0 fully saturated rings. The first kappa shape index (κ1) is 15.6. The van der Waals surface area contributed by atoms with Gasteiger partial charge in [0.1, 0.15) is 0 Å².